The van der Waals surface area contributed by atoms with Gasteiger partial charge in [-0.25, -0.2) is 4.98 Å². The Balaban J connectivity index is 1.81. The minimum absolute atomic E-state index is 0.0231. The topological polar surface area (TPSA) is 83.5 Å². The summed E-state index contributed by atoms with van der Waals surface area (Å²) in [5.74, 6) is -0.653. The van der Waals surface area contributed by atoms with Gasteiger partial charge in [0.05, 0.1) is 28.0 Å². The molecule has 178 valence electrons. The molecular formula is C22H23ClF3N3O3S. The lowest BCUT2D eigenvalue weighted by molar-refractivity contribution is -0.137. The highest BCUT2D eigenvalue weighted by atomic mass is 35.5. The van der Waals surface area contributed by atoms with Crippen LogP contribution < -0.4 is 10.6 Å². The molecule has 1 amide bonds. The number of methoxy groups -OCH3 is 1. The number of aromatic hydroxyl groups is 1. The van der Waals surface area contributed by atoms with E-state index in [1.54, 1.807) is 13.2 Å². The number of nitrogens with one attached hydrogen (secondary N) is 2. The Morgan fingerprint density at radius 3 is 2.64 bits per heavy atom. The Morgan fingerprint density at radius 1 is 1.27 bits per heavy atom. The Labute approximate surface area is 197 Å². The molecule has 1 atom stereocenters. The zero-order valence-electron chi connectivity index (χ0n) is 18.1. The van der Waals surface area contributed by atoms with Crippen LogP contribution >= 0.6 is 22.9 Å². The van der Waals surface area contributed by atoms with E-state index in [-0.39, 0.29) is 44.7 Å². The minimum Gasteiger partial charge on any atom is -0.507 e. The highest BCUT2D eigenvalue weighted by Crippen LogP contribution is 2.35. The largest absolute Gasteiger partial charge is 0.507 e. The van der Waals surface area contributed by atoms with Crippen LogP contribution in [0.1, 0.15) is 35.3 Å². The van der Waals surface area contributed by atoms with Gasteiger partial charge in [0, 0.05) is 30.3 Å². The molecule has 0 aliphatic carbocycles. The van der Waals surface area contributed by atoms with Crippen LogP contribution in [0.2, 0.25) is 5.02 Å². The smallest absolute Gasteiger partial charge is 0.416 e. The molecule has 0 aliphatic rings. The average molecular weight is 502 g/mol. The third-order valence-electron chi connectivity index (χ3n) is 5.04. The van der Waals surface area contributed by atoms with Gasteiger partial charge in [0.15, 0.2) is 5.13 Å². The van der Waals surface area contributed by atoms with Gasteiger partial charge in [0.1, 0.15) is 5.75 Å². The van der Waals surface area contributed by atoms with Crippen LogP contribution in [-0.2, 0) is 17.5 Å². The minimum atomic E-state index is -4.48. The number of benzene rings is 2. The van der Waals surface area contributed by atoms with Crippen LogP contribution in [0.4, 0.5) is 18.3 Å². The van der Waals surface area contributed by atoms with Gasteiger partial charge < -0.3 is 15.2 Å². The standard InChI is InChI=1S/C22H23ClF3N3O3S/c1-11(2)17(10-32-3)27-9-12-6-14(23)8-15(19(12)30)20(31)29-21-28-16-5-4-13(22(24,25)26)7-18(16)33-21/h4-8,11,17,27,30H,9-10H2,1-3H3,(H,28,29,31)/t17-/m0/s1. The molecule has 6 nitrogen and oxygen atoms in total. The van der Waals surface area contributed by atoms with Crippen LogP contribution in [0.5, 0.6) is 5.75 Å². The highest BCUT2D eigenvalue weighted by molar-refractivity contribution is 7.22. The maximum absolute atomic E-state index is 12.9. The monoisotopic (exact) mass is 501 g/mol. The lowest BCUT2D eigenvalue weighted by atomic mass is 10.0. The molecule has 0 aliphatic heterocycles. The number of amides is 1. The van der Waals surface area contributed by atoms with Crippen molar-refractivity contribution >= 4 is 44.2 Å². The summed E-state index contributed by atoms with van der Waals surface area (Å²) in [4.78, 5) is 17.0. The van der Waals surface area contributed by atoms with Crippen molar-refractivity contribution < 1.29 is 27.8 Å². The van der Waals surface area contributed by atoms with Gasteiger partial charge in [-0.1, -0.05) is 36.8 Å². The van der Waals surface area contributed by atoms with Crippen LogP contribution in [-0.4, -0.2) is 35.8 Å². The number of fused-ring (bicyclic) bond motifs is 1. The molecule has 3 N–H and O–H groups in total. The number of phenols is 1. The molecule has 33 heavy (non-hydrogen) atoms. The molecule has 0 unspecified atom stereocenters. The van der Waals surface area contributed by atoms with E-state index in [4.69, 9.17) is 16.3 Å². The van der Waals surface area contributed by atoms with E-state index in [0.29, 0.717) is 17.7 Å². The van der Waals surface area contributed by atoms with Crippen molar-refractivity contribution in [3.63, 3.8) is 0 Å². The first-order valence-corrected chi connectivity index (χ1v) is 11.2. The van der Waals surface area contributed by atoms with Crippen molar-refractivity contribution in [2.24, 2.45) is 5.92 Å². The fraction of sp³-hybridized carbons (Fsp3) is 0.364. The highest BCUT2D eigenvalue weighted by Gasteiger charge is 2.31. The van der Waals surface area contributed by atoms with Gasteiger partial charge in [-0.15, -0.1) is 0 Å². The number of ether oxygens (including phenoxy) is 1. The molecule has 0 spiro atoms. The van der Waals surface area contributed by atoms with E-state index in [1.807, 2.05) is 13.8 Å². The molecule has 3 rings (SSSR count). The Kier molecular flexibility index (Phi) is 7.84. The first-order chi connectivity index (χ1) is 15.5. The fourth-order valence-corrected chi connectivity index (χ4v) is 4.33. The van der Waals surface area contributed by atoms with Crippen LogP contribution in [0, 0.1) is 5.92 Å². The van der Waals surface area contributed by atoms with Crippen molar-refractivity contribution in [1.29, 1.82) is 0 Å². The zero-order chi connectivity index (χ0) is 24.3. The lowest BCUT2D eigenvalue weighted by Crippen LogP contribution is -2.37. The molecule has 1 heterocycles. The van der Waals surface area contributed by atoms with Gasteiger partial charge in [-0.2, -0.15) is 13.2 Å². The summed E-state index contributed by atoms with van der Waals surface area (Å²) in [5.41, 5.74) is -0.119. The van der Waals surface area contributed by atoms with E-state index in [2.05, 4.69) is 15.6 Å². The van der Waals surface area contributed by atoms with Gasteiger partial charge in [-0.3, -0.25) is 10.1 Å². The van der Waals surface area contributed by atoms with Crippen molar-refractivity contribution in [2.45, 2.75) is 32.6 Å². The molecule has 2 aromatic carbocycles. The predicted molar refractivity (Wildman–Crippen MR) is 123 cm³/mol. The number of carbonyl (C=O) groups is 1. The summed E-state index contributed by atoms with van der Waals surface area (Å²) in [7, 11) is 1.60. The third kappa shape index (κ3) is 6.14. The van der Waals surface area contributed by atoms with E-state index >= 15 is 0 Å². The summed E-state index contributed by atoms with van der Waals surface area (Å²) in [5, 5.41) is 16.8. The molecule has 0 fully saturated rings. The molecular weight excluding hydrogens is 479 g/mol. The van der Waals surface area contributed by atoms with E-state index in [9.17, 15) is 23.1 Å². The SMILES string of the molecule is COC[C@H](NCc1cc(Cl)cc(C(=O)Nc2nc3ccc(C(F)(F)F)cc3s2)c1O)C(C)C. The van der Waals surface area contributed by atoms with Gasteiger partial charge in [-0.05, 0) is 36.2 Å². The van der Waals surface area contributed by atoms with Gasteiger partial charge >= 0.3 is 6.18 Å². The first kappa shape index (κ1) is 25.2. The van der Waals surface area contributed by atoms with E-state index in [0.717, 1.165) is 23.5 Å². The van der Waals surface area contributed by atoms with Crippen LogP contribution in [0.25, 0.3) is 10.2 Å². The van der Waals surface area contributed by atoms with E-state index < -0.39 is 17.6 Å². The summed E-state index contributed by atoms with van der Waals surface area (Å²) >= 11 is 7.07. The normalized spacial score (nSPS) is 13.0. The number of hydrogen-bond donors (Lipinski definition) is 3. The number of carbonyl (C=O) groups excluding carboxylic acids is 1. The summed E-state index contributed by atoms with van der Waals surface area (Å²) in [6.07, 6.45) is -4.48. The second kappa shape index (κ2) is 10.3. The number of anilines is 1. The quantitative estimate of drug-likeness (QED) is 0.369. The second-order valence-electron chi connectivity index (χ2n) is 7.80. The average Bonchev–Trinajstić information content (AvgIpc) is 3.13. The van der Waals surface area contributed by atoms with Crippen molar-refractivity contribution in [3.05, 3.63) is 52.0 Å². The number of aromatic nitrogens is 1. The molecule has 11 heteroatoms. The van der Waals surface area contributed by atoms with Gasteiger partial charge in [0.2, 0.25) is 0 Å². The summed E-state index contributed by atoms with van der Waals surface area (Å²) in [6.45, 7) is 4.78. The molecule has 0 saturated heterocycles. The number of thiazole rings is 1. The van der Waals surface area contributed by atoms with Crippen molar-refractivity contribution in [1.82, 2.24) is 10.3 Å². The maximum atomic E-state index is 12.9. The first-order valence-electron chi connectivity index (χ1n) is 10.0. The molecule has 0 saturated carbocycles. The Bertz CT molecular complexity index is 1150. The van der Waals surface area contributed by atoms with Gasteiger partial charge in [0.25, 0.3) is 5.91 Å². The lowest BCUT2D eigenvalue weighted by Gasteiger charge is -2.22. The zero-order valence-corrected chi connectivity index (χ0v) is 19.7. The van der Waals surface area contributed by atoms with Crippen LogP contribution in [0.3, 0.4) is 0 Å². The van der Waals surface area contributed by atoms with Crippen molar-refractivity contribution in [2.75, 3.05) is 19.0 Å². The molecule has 0 radical (unpaired) electrons. The van der Waals surface area contributed by atoms with E-state index in [1.165, 1.54) is 12.1 Å². The van der Waals surface area contributed by atoms with Crippen LogP contribution in [0.15, 0.2) is 30.3 Å². The number of phenolic OH excluding ortho intramolecular Hbond substituents is 1. The fourth-order valence-electron chi connectivity index (χ4n) is 3.19. The predicted octanol–water partition coefficient (Wildman–Crippen LogP) is 5.69. The second-order valence-corrected chi connectivity index (χ2v) is 9.27. The maximum Gasteiger partial charge on any atom is 0.416 e. The molecule has 3 aromatic rings. The summed E-state index contributed by atoms with van der Waals surface area (Å²) in [6, 6.07) is 6.06. The number of hydrogen-bond acceptors (Lipinski definition) is 6. The number of alkyl halides is 3. The number of nitrogens with zero attached hydrogens (tertiary/aromatic N) is 1. The molecule has 0 bridgehead atoms. The van der Waals surface area contributed by atoms with Crippen molar-refractivity contribution in [3.8, 4) is 5.75 Å². The molecule has 1 aromatic heterocycles. The number of halogens is 4. The third-order valence-corrected chi connectivity index (χ3v) is 6.19. The Morgan fingerprint density at radius 2 is 2.00 bits per heavy atom. The summed E-state index contributed by atoms with van der Waals surface area (Å²) < 4.78 is 44.3. The Hall–Kier alpha value is -2.40. The number of rotatable bonds is 8.